The summed E-state index contributed by atoms with van der Waals surface area (Å²) in [5.74, 6) is -0.201. The van der Waals surface area contributed by atoms with Crippen molar-refractivity contribution in [2.24, 2.45) is 0 Å². The average molecular weight is 370 g/mol. The Morgan fingerprint density at radius 2 is 1.73 bits per heavy atom. The lowest BCUT2D eigenvalue weighted by atomic mass is 10.2. The zero-order valence-electron chi connectivity index (χ0n) is 14.9. The summed E-state index contributed by atoms with van der Waals surface area (Å²) in [5, 5.41) is 0. The molecule has 2 aromatic carbocycles. The first-order valence-electron chi connectivity index (χ1n) is 8.48. The molecule has 1 amide bonds. The quantitative estimate of drug-likeness (QED) is 0.761. The van der Waals surface area contributed by atoms with E-state index in [1.165, 1.54) is 4.31 Å². The molecule has 3 rings (SSSR count). The summed E-state index contributed by atoms with van der Waals surface area (Å²) >= 11 is 0. The molecule has 0 N–H and O–H groups in total. The first kappa shape index (κ1) is 18.4. The zero-order valence-corrected chi connectivity index (χ0v) is 15.7. The molecule has 1 fully saturated rings. The van der Waals surface area contributed by atoms with Crippen LogP contribution < -0.4 is 0 Å². The van der Waals surface area contributed by atoms with E-state index in [2.05, 4.69) is 0 Å². The molecule has 1 aliphatic heterocycles. The molecule has 2 aromatic rings. The Balaban J connectivity index is 1.94. The van der Waals surface area contributed by atoms with Crippen LogP contribution in [0.3, 0.4) is 0 Å². The van der Waals surface area contributed by atoms with Gasteiger partial charge in [0.05, 0.1) is 11.4 Å². The third-order valence-corrected chi connectivity index (χ3v) is 6.24. The topological polar surface area (TPSA) is 57.7 Å². The Hall–Kier alpha value is -2.44. The van der Waals surface area contributed by atoms with Gasteiger partial charge < -0.3 is 4.90 Å². The largest absolute Gasteiger partial charge is 0.317 e. The van der Waals surface area contributed by atoms with Crippen LogP contribution in [-0.2, 0) is 21.4 Å². The van der Waals surface area contributed by atoms with Crippen molar-refractivity contribution >= 4 is 15.9 Å². The van der Waals surface area contributed by atoms with Crippen LogP contribution in [0.5, 0.6) is 0 Å². The van der Waals surface area contributed by atoms with Gasteiger partial charge in [-0.1, -0.05) is 60.2 Å². The highest BCUT2D eigenvalue weighted by Crippen LogP contribution is 2.27. The normalized spacial score (nSPS) is 18.8. The lowest BCUT2D eigenvalue weighted by Crippen LogP contribution is -2.40. The number of aryl methyl sites for hydroxylation is 1. The number of carbonyl (C=O) groups excluding carboxylic acids is 1. The van der Waals surface area contributed by atoms with Gasteiger partial charge in [-0.05, 0) is 31.5 Å². The summed E-state index contributed by atoms with van der Waals surface area (Å²) < 4.78 is 27.4. The maximum absolute atomic E-state index is 13.1. The van der Waals surface area contributed by atoms with Crippen molar-refractivity contribution in [2.75, 3.05) is 6.54 Å². The highest BCUT2D eigenvalue weighted by atomic mass is 32.2. The standard InChI is InChI=1S/C20H22N2O3S/c1-3-7-19-21(14-17-8-5-4-6-9-17)20(23)15-22(19)26(24,25)18-12-10-16(2)11-13-18/h3-13,19H,14-15H2,1-2H3/b7-3+. The van der Waals surface area contributed by atoms with Crippen molar-refractivity contribution in [1.82, 2.24) is 9.21 Å². The Bertz CT molecular complexity index is 906. The third-order valence-electron chi connectivity index (χ3n) is 4.41. The summed E-state index contributed by atoms with van der Waals surface area (Å²) in [4.78, 5) is 14.4. The molecular formula is C20H22N2O3S. The van der Waals surface area contributed by atoms with E-state index in [9.17, 15) is 13.2 Å². The first-order chi connectivity index (χ1) is 12.4. The van der Waals surface area contributed by atoms with E-state index < -0.39 is 16.2 Å². The molecule has 1 aliphatic rings. The number of nitrogens with zero attached hydrogens (tertiary/aromatic N) is 2. The molecular weight excluding hydrogens is 348 g/mol. The van der Waals surface area contributed by atoms with Gasteiger partial charge in [0.2, 0.25) is 15.9 Å². The Kier molecular flexibility index (Phi) is 5.25. The third kappa shape index (κ3) is 3.57. The van der Waals surface area contributed by atoms with Gasteiger partial charge in [-0.2, -0.15) is 4.31 Å². The van der Waals surface area contributed by atoms with E-state index >= 15 is 0 Å². The van der Waals surface area contributed by atoms with Crippen molar-refractivity contribution < 1.29 is 13.2 Å². The summed E-state index contributed by atoms with van der Waals surface area (Å²) in [5.41, 5.74) is 1.95. The van der Waals surface area contributed by atoms with Crippen LogP contribution in [0.15, 0.2) is 71.6 Å². The lowest BCUT2D eigenvalue weighted by molar-refractivity contribution is -0.127. The SMILES string of the molecule is C/C=C/C1N(Cc2ccccc2)C(=O)CN1S(=O)(=O)c1ccc(C)cc1. The van der Waals surface area contributed by atoms with E-state index in [1.807, 2.05) is 44.2 Å². The predicted octanol–water partition coefficient (Wildman–Crippen LogP) is 2.93. The molecule has 136 valence electrons. The second kappa shape index (κ2) is 7.43. The molecule has 1 unspecified atom stereocenters. The Labute approximate surface area is 154 Å². The van der Waals surface area contributed by atoms with Crippen molar-refractivity contribution in [3.8, 4) is 0 Å². The number of hydrogen-bond donors (Lipinski definition) is 0. The molecule has 5 nitrogen and oxygen atoms in total. The number of allylic oxidation sites excluding steroid dienone is 1. The molecule has 0 saturated carbocycles. The maximum Gasteiger partial charge on any atom is 0.245 e. The lowest BCUT2D eigenvalue weighted by Gasteiger charge is -2.27. The molecule has 0 bridgehead atoms. The average Bonchev–Trinajstić information content (AvgIpc) is 2.94. The summed E-state index contributed by atoms with van der Waals surface area (Å²) in [6, 6.07) is 16.3. The summed E-state index contributed by atoms with van der Waals surface area (Å²) in [7, 11) is -3.77. The maximum atomic E-state index is 13.1. The molecule has 0 aliphatic carbocycles. The summed E-state index contributed by atoms with van der Waals surface area (Å²) in [6.45, 7) is 3.94. The minimum Gasteiger partial charge on any atom is -0.317 e. The number of amides is 1. The molecule has 1 saturated heterocycles. The van der Waals surface area contributed by atoms with Crippen molar-refractivity contribution in [3.05, 3.63) is 77.9 Å². The molecule has 1 heterocycles. The summed E-state index contributed by atoms with van der Waals surface area (Å²) in [6.07, 6.45) is 2.90. The fourth-order valence-electron chi connectivity index (χ4n) is 3.03. The molecule has 0 spiro atoms. The van der Waals surface area contributed by atoms with E-state index in [0.29, 0.717) is 6.54 Å². The molecule has 1 atom stereocenters. The first-order valence-corrected chi connectivity index (χ1v) is 9.92. The van der Waals surface area contributed by atoms with Gasteiger partial charge in [0.15, 0.2) is 0 Å². The van der Waals surface area contributed by atoms with Crippen LogP contribution in [0.25, 0.3) is 0 Å². The minimum atomic E-state index is -3.77. The number of benzene rings is 2. The predicted molar refractivity (Wildman–Crippen MR) is 101 cm³/mol. The Morgan fingerprint density at radius 3 is 2.35 bits per heavy atom. The van der Waals surface area contributed by atoms with Crippen molar-refractivity contribution in [1.29, 1.82) is 0 Å². The van der Waals surface area contributed by atoms with Crippen molar-refractivity contribution in [2.45, 2.75) is 31.5 Å². The Morgan fingerprint density at radius 1 is 1.08 bits per heavy atom. The minimum absolute atomic E-state index is 0.155. The number of sulfonamides is 1. The van der Waals surface area contributed by atoms with Crippen molar-refractivity contribution in [3.63, 3.8) is 0 Å². The zero-order chi connectivity index (χ0) is 18.7. The van der Waals surface area contributed by atoms with E-state index in [4.69, 9.17) is 0 Å². The van der Waals surface area contributed by atoms with Crippen LogP contribution in [0, 0.1) is 6.92 Å². The van der Waals surface area contributed by atoms with Crippen LogP contribution in [0.1, 0.15) is 18.1 Å². The van der Waals surface area contributed by atoms with Gasteiger partial charge in [0.25, 0.3) is 0 Å². The number of rotatable bonds is 5. The second-order valence-electron chi connectivity index (χ2n) is 6.31. The molecule has 0 aromatic heterocycles. The highest BCUT2D eigenvalue weighted by molar-refractivity contribution is 7.89. The van der Waals surface area contributed by atoms with Crippen LogP contribution >= 0.6 is 0 Å². The van der Waals surface area contributed by atoms with E-state index in [-0.39, 0.29) is 17.3 Å². The molecule has 26 heavy (non-hydrogen) atoms. The molecule has 0 radical (unpaired) electrons. The van der Waals surface area contributed by atoms with E-state index in [1.54, 1.807) is 41.3 Å². The fraction of sp³-hybridized carbons (Fsp3) is 0.250. The monoisotopic (exact) mass is 370 g/mol. The van der Waals surface area contributed by atoms with Gasteiger partial charge in [-0.15, -0.1) is 0 Å². The molecule has 6 heteroatoms. The van der Waals surface area contributed by atoms with Crippen LogP contribution in [0.4, 0.5) is 0 Å². The van der Waals surface area contributed by atoms with Gasteiger partial charge in [0, 0.05) is 6.54 Å². The fourth-order valence-corrected chi connectivity index (χ4v) is 4.53. The smallest absolute Gasteiger partial charge is 0.245 e. The van der Waals surface area contributed by atoms with Gasteiger partial charge in [0.1, 0.15) is 6.17 Å². The van der Waals surface area contributed by atoms with Gasteiger partial charge in [-0.25, -0.2) is 8.42 Å². The van der Waals surface area contributed by atoms with E-state index in [0.717, 1.165) is 11.1 Å². The number of carbonyl (C=O) groups is 1. The highest BCUT2D eigenvalue weighted by Gasteiger charge is 2.43. The van der Waals surface area contributed by atoms with Crippen LogP contribution in [0.2, 0.25) is 0 Å². The van der Waals surface area contributed by atoms with Crippen LogP contribution in [-0.4, -0.2) is 36.2 Å². The van der Waals surface area contributed by atoms with Gasteiger partial charge >= 0.3 is 0 Å². The van der Waals surface area contributed by atoms with Gasteiger partial charge in [-0.3, -0.25) is 4.79 Å². The number of hydrogen-bond acceptors (Lipinski definition) is 3. The second-order valence-corrected chi connectivity index (χ2v) is 8.20.